The van der Waals surface area contributed by atoms with E-state index in [2.05, 4.69) is 20.3 Å². The predicted molar refractivity (Wildman–Crippen MR) is 114 cm³/mol. The zero-order valence-corrected chi connectivity index (χ0v) is 17.6. The maximum absolute atomic E-state index is 13.7. The molecule has 0 aliphatic heterocycles. The van der Waals surface area contributed by atoms with Crippen LogP contribution in [0.3, 0.4) is 0 Å². The standard InChI is InChI=1S/C21H15F3N6O4/c1-11-4-3-5-13(18(11)30(32)33)19(31)28-16-9-26-17(10-25-16)29-15-7-6-12(34-2)8-14(15)27-20(29)21(22,23)24/h3-10H,1-2H3,(H,25,28,31). The van der Waals surface area contributed by atoms with Gasteiger partial charge in [0.1, 0.15) is 11.3 Å². The van der Waals surface area contributed by atoms with Gasteiger partial charge >= 0.3 is 6.18 Å². The van der Waals surface area contributed by atoms with Crippen LogP contribution in [-0.2, 0) is 6.18 Å². The number of benzene rings is 2. The van der Waals surface area contributed by atoms with Gasteiger partial charge in [-0.15, -0.1) is 0 Å². The number of carbonyl (C=O) groups excluding carboxylic acids is 1. The van der Waals surface area contributed by atoms with Crippen LogP contribution in [0.15, 0.2) is 48.8 Å². The number of aromatic nitrogens is 4. The number of hydrogen-bond donors (Lipinski definition) is 1. The lowest BCUT2D eigenvalue weighted by Crippen LogP contribution is -2.17. The molecular weight excluding hydrogens is 457 g/mol. The van der Waals surface area contributed by atoms with Crippen molar-refractivity contribution < 1.29 is 27.6 Å². The first kappa shape index (κ1) is 22.6. The van der Waals surface area contributed by atoms with Gasteiger partial charge in [0.25, 0.3) is 11.6 Å². The fourth-order valence-electron chi connectivity index (χ4n) is 3.38. The fourth-order valence-corrected chi connectivity index (χ4v) is 3.38. The Morgan fingerprint density at radius 2 is 1.94 bits per heavy atom. The molecule has 13 heteroatoms. The molecule has 0 fully saturated rings. The molecule has 174 valence electrons. The highest BCUT2D eigenvalue weighted by Gasteiger charge is 2.38. The number of amides is 1. The number of rotatable bonds is 5. The van der Waals surface area contributed by atoms with Gasteiger partial charge in [0.15, 0.2) is 11.6 Å². The van der Waals surface area contributed by atoms with Crippen LogP contribution in [0.5, 0.6) is 5.75 Å². The van der Waals surface area contributed by atoms with Crippen LogP contribution < -0.4 is 10.1 Å². The molecule has 4 rings (SSSR count). The van der Waals surface area contributed by atoms with Gasteiger partial charge in [-0.1, -0.05) is 12.1 Å². The first-order valence-corrected chi connectivity index (χ1v) is 9.61. The third-order valence-electron chi connectivity index (χ3n) is 4.89. The number of aryl methyl sites for hydroxylation is 1. The second-order valence-electron chi connectivity index (χ2n) is 7.07. The highest BCUT2D eigenvalue weighted by atomic mass is 19.4. The van der Waals surface area contributed by atoms with Crippen LogP contribution in [-0.4, -0.2) is 37.5 Å². The molecule has 1 N–H and O–H groups in total. The molecule has 0 aliphatic carbocycles. The molecule has 0 aliphatic rings. The summed E-state index contributed by atoms with van der Waals surface area (Å²) in [4.78, 5) is 34.8. The lowest BCUT2D eigenvalue weighted by molar-refractivity contribution is -0.385. The van der Waals surface area contributed by atoms with Crippen LogP contribution >= 0.6 is 0 Å². The summed E-state index contributed by atoms with van der Waals surface area (Å²) in [6.07, 6.45) is -2.71. The molecular formula is C21H15F3N6O4. The van der Waals surface area contributed by atoms with E-state index in [0.29, 0.717) is 11.3 Å². The van der Waals surface area contributed by atoms with Gasteiger partial charge in [0, 0.05) is 11.6 Å². The molecule has 34 heavy (non-hydrogen) atoms. The van der Waals surface area contributed by atoms with Gasteiger partial charge < -0.3 is 10.1 Å². The van der Waals surface area contributed by atoms with Crippen molar-refractivity contribution in [3.05, 3.63) is 75.9 Å². The van der Waals surface area contributed by atoms with Crippen molar-refractivity contribution in [1.29, 1.82) is 0 Å². The number of nitro groups is 1. The SMILES string of the molecule is COc1ccc2c(c1)nc(C(F)(F)F)n2-c1cnc(NC(=O)c2cccc(C)c2[N+](=O)[O-])cn1. The van der Waals surface area contributed by atoms with Gasteiger partial charge in [-0.25, -0.2) is 15.0 Å². The average molecular weight is 472 g/mol. The van der Waals surface area contributed by atoms with Crippen molar-refractivity contribution in [3.8, 4) is 11.6 Å². The fraction of sp³-hybridized carbons (Fsp3) is 0.143. The molecule has 2 heterocycles. The number of halogens is 3. The molecule has 0 radical (unpaired) electrons. The molecule has 0 saturated carbocycles. The van der Waals surface area contributed by atoms with E-state index < -0.39 is 22.8 Å². The number of methoxy groups -OCH3 is 1. The molecule has 4 aromatic rings. The summed E-state index contributed by atoms with van der Waals surface area (Å²) in [6.45, 7) is 1.49. The Balaban J connectivity index is 1.70. The van der Waals surface area contributed by atoms with Crippen LogP contribution in [0, 0.1) is 17.0 Å². The highest BCUT2D eigenvalue weighted by Crippen LogP contribution is 2.34. The Morgan fingerprint density at radius 1 is 1.18 bits per heavy atom. The summed E-state index contributed by atoms with van der Waals surface area (Å²) < 4.78 is 46.8. The molecule has 0 bridgehead atoms. The van der Waals surface area contributed by atoms with Crippen molar-refractivity contribution in [3.63, 3.8) is 0 Å². The number of imidazole rings is 1. The topological polar surface area (TPSA) is 125 Å². The van der Waals surface area contributed by atoms with E-state index in [1.807, 2.05) is 0 Å². The Morgan fingerprint density at radius 3 is 2.56 bits per heavy atom. The Hall–Kier alpha value is -4.55. The zero-order valence-electron chi connectivity index (χ0n) is 17.6. The van der Waals surface area contributed by atoms with E-state index in [0.717, 1.165) is 17.0 Å². The normalized spacial score (nSPS) is 11.4. The van der Waals surface area contributed by atoms with Crippen molar-refractivity contribution in [1.82, 2.24) is 19.5 Å². The first-order valence-electron chi connectivity index (χ1n) is 9.61. The number of nitro benzene ring substituents is 1. The monoisotopic (exact) mass is 472 g/mol. The molecule has 0 atom stereocenters. The minimum Gasteiger partial charge on any atom is -0.497 e. The lowest BCUT2D eigenvalue weighted by Gasteiger charge is -2.11. The molecule has 0 unspecified atom stereocenters. The average Bonchev–Trinajstić information content (AvgIpc) is 3.18. The number of nitrogens with zero attached hydrogens (tertiary/aromatic N) is 5. The number of nitrogens with one attached hydrogen (secondary N) is 1. The van der Waals surface area contributed by atoms with Crippen molar-refractivity contribution in [2.24, 2.45) is 0 Å². The van der Waals surface area contributed by atoms with Gasteiger partial charge in [-0.3, -0.25) is 19.5 Å². The van der Waals surface area contributed by atoms with Crippen LogP contribution in [0.4, 0.5) is 24.7 Å². The summed E-state index contributed by atoms with van der Waals surface area (Å²) in [5.41, 5.74) is -0.0981. The minimum atomic E-state index is -4.79. The van der Waals surface area contributed by atoms with Crippen molar-refractivity contribution in [2.75, 3.05) is 12.4 Å². The second-order valence-corrected chi connectivity index (χ2v) is 7.07. The molecule has 0 saturated heterocycles. The number of fused-ring (bicyclic) bond motifs is 1. The number of hydrogen-bond acceptors (Lipinski definition) is 7. The highest BCUT2D eigenvalue weighted by molar-refractivity contribution is 6.06. The van der Waals surface area contributed by atoms with E-state index in [1.54, 1.807) is 0 Å². The molecule has 2 aromatic carbocycles. The Kier molecular flexibility index (Phi) is 5.61. The number of ether oxygens (including phenoxy) is 1. The van der Waals surface area contributed by atoms with Crippen LogP contribution in [0.1, 0.15) is 21.7 Å². The molecule has 10 nitrogen and oxygen atoms in total. The molecule has 2 aromatic heterocycles. The summed E-state index contributed by atoms with van der Waals surface area (Å²) >= 11 is 0. The van der Waals surface area contributed by atoms with Gasteiger partial charge in [-0.05, 0) is 25.1 Å². The van der Waals surface area contributed by atoms with Crippen LogP contribution in [0.25, 0.3) is 16.9 Å². The number of alkyl halides is 3. The first-order chi connectivity index (χ1) is 16.1. The Labute approximate surface area is 189 Å². The third kappa shape index (κ3) is 4.10. The van der Waals surface area contributed by atoms with E-state index in [4.69, 9.17) is 4.74 Å². The van der Waals surface area contributed by atoms with E-state index >= 15 is 0 Å². The maximum Gasteiger partial charge on any atom is 0.450 e. The van der Waals surface area contributed by atoms with Gasteiger partial charge in [0.05, 0.1) is 35.5 Å². The van der Waals surface area contributed by atoms with E-state index in [-0.39, 0.29) is 33.9 Å². The smallest absolute Gasteiger partial charge is 0.450 e. The lowest BCUT2D eigenvalue weighted by atomic mass is 10.1. The summed E-state index contributed by atoms with van der Waals surface area (Å²) in [5.74, 6) is -1.99. The van der Waals surface area contributed by atoms with Gasteiger partial charge in [-0.2, -0.15) is 13.2 Å². The number of anilines is 1. The van der Waals surface area contributed by atoms with Crippen molar-refractivity contribution >= 4 is 28.4 Å². The van der Waals surface area contributed by atoms with Crippen LogP contribution in [0.2, 0.25) is 0 Å². The largest absolute Gasteiger partial charge is 0.497 e. The summed E-state index contributed by atoms with van der Waals surface area (Å²) in [5, 5.41) is 13.7. The van der Waals surface area contributed by atoms with E-state index in [9.17, 15) is 28.1 Å². The maximum atomic E-state index is 13.7. The second kappa shape index (κ2) is 8.42. The number of carbonyl (C=O) groups is 1. The summed E-state index contributed by atoms with van der Waals surface area (Å²) in [7, 11) is 1.38. The molecule has 1 amide bonds. The Bertz CT molecular complexity index is 1420. The van der Waals surface area contributed by atoms with Crippen molar-refractivity contribution in [2.45, 2.75) is 13.1 Å². The van der Waals surface area contributed by atoms with Gasteiger partial charge in [0.2, 0.25) is 5.82 Å². The minimum absolute atomic E-state index is 0.0395. The predicted octanol–water partition coefficient (Wildman–Crippen LogP) is 4.31. The van der Waals surface area contributed by atoms with E-state index in [1.165, 1.54) is 50.4 Å². The third-order valence-corrected chi connectivity index (χ3v) is 4.89. The summed E-state index contributed by atoms with van der Waals surface area (Å²) in [6, 6.07) is 8.51. The molecule has 0 spiro atoms. The number of para-hydroxylation sites is 1. The quantitative estimate of drug-likeness (QED) is 0.339. The zero-order chi connectivity index (χ0) is 24.6.